The molecule has 1 heterocycles. The SMILES string of the molecule is CC(C)NC(N)=NCC(=O)N1CCc2ccccc2C1. The zero-order valence-corrected chi connectivity index (χ0v) is 12.1. The van der Waals surface area contributed by atoms with E-state index in [0.29, 0.717) is 12.5 Å². The first-order chi connectivity index (χ1) is 9.56. The summed E-state index contributed by atoms with van der Waals surface area (Å²) in [7, 11) is 0. The second-order valence-electron chi connectivity index (χ2n) is 5.33. The molecule has 108 valence electrons. The Bertz CT molecular complexity index is 510. The molecule has 0 radical (unpaired) electrons. The lowest BCUT2D eigenvalue weighted by Gasteiger charge is -2.28. The van der Waals surface area contributed by atoms with Gasteiger partial charge in [-0.25, -0.2) is 4.99 Å². The van der Waals surface area contributed by atoms with E-state index in [2.05, 4.69) is 22.4 Å². The molecule has 5 nitrogen and oxygen atoms in total. The molecule has 0 unspecified atom stereocenters. The maximum Gasteiger partial charge on any atom is 0.244 e. The van der Waals surface area contributed by atoms with Gasteiger partial charge in [0.05, 0.1) is 0 Å². The summed E-state index contributed by atoms with van der Waals surface area (Å²) in [6.45, 7) is 5.48. The van der Waals surface area contributed by atoms with E-state index in [4.69, 9.17) is 5.73 Å². The van der Waals surface area contributed by atoms with Crippen LogP contribution in [0.5, 0.6) is 0 Å². The van der Waals surface area contributed by atoms with Crippen molar-refractivity contribution in [2.45, 2.75) is 32.9 Å². The van der Waals surface area contributed by atoms with Gasteiger partial charge in [0.15, 0.2) is 5.96 Å². The molecule has 0 fully saturated rings. The first-order valence-corrected chi connectivity index (χ1v) is 6.97. The zero-order valence-electron chi connectivity index (χ0n) is 12.1. The van der Waals surface area contributed by atoms with Crippen LogP contribution in [0.3, 0.4) is 0 Å². The van der Waals surface area contributed by atoms with Gasteiger partial charge in [0.1, 0.15) is 6.54 Å². The summed E-state index contributed by atoms with van der Waals surface area (Å²) in [4.78, 5) is 18.1. The minimum atomic E-state index is 0.0213. The standard InChI is InChI=1S/C15H22N4O/c1-11(2)18-15(16)17-9-14(20)19-8-7-12-5-3-4-6-13(12)10-19/h3-6,11H,7-10H2,1-2H3,(H3,16,17,18). The molecule has 1 aromatic carbocycles. The Labute approximate surface area is 119 Å². The average Bonchev–Trinajstić information content (AvgIpc) is 2.43. The molecule has 0 aromatic heterocycles. The van der Waals surface area contributed by atoms with Gasteiger partial charge in [0.2, 0.25) is 5.91 Å². The molecule has 1 aliphatic heterocycles. The van der Waals surface area contributed by atoms with Gasteiger partial charge < -0.3 is 16.0 Å². The topological polar surface area (TPSA) is 70.7 Å². The van der Waals surface area contributed by atoms with E-state index in [1.54, 1.807) is 0 Å². The van der Waals surface area contributed by atoms with Crippen LogP contribution in [0, 0.1) is 0 Å². The fraction of sp³-hybridized carbons (Fsp3) is 0.467. The molecule has 0 bridgehead atoms. The molecule has 0 aliphatic carbocycles. The number of aliphatic imine (C=N–C) groups is 1. The first-order valence-electron chi connectivity index (χ1n) is 6.97. The molecule has 1 aliphatic rings. The van der Waals surface area contributed by atoms with Crippen molar-refractivity contribution in [3.8, 4) is 0 Å². The van der Waals surface area contributed by atoms with Crippen molar-refractivity contribution in [3.63, 3.8) is 0 Å². The van der Waals surface area contributed by atoms with E-state index in [0.717, 1.165) is 13.0 Å². The molecule has 2 rings (SSSR count). The lowest BCUT2D eigenvalue weighted by Crippen LogP contribution is -2.40. The summed E-state index contributed by atoms with van der Waals surface area (Å²) in [5.74, 6) is 0.346. The van der Waals surface area contributed by atoms with Gasteiger partial charge >= 0.3 is 0 Å². The van der Waals surface area contributed by atoms with Crippen LogP contribution in [0.25, 0.3) is 0 Å². The maximum absolute atomic E-state index is 12.1. The van der Waals surface area contributed by atoms with E-state index < -0.39 is 0 Å². The van der Waals surface area contributed by atoms with Gasteiger partial charge in [-0.05, 0) is 31.4 Å². The Morgan fingerprint density at radius 1 is 1.40 bits per heavy atom. The fourth-order valence-electron chi connectivity index (χ4n) is 2.30. The van der Waals surface area contributed by atoms with Crippen molar-refractivity contribution in [1.82, 2.24) is 10.2 Å². The lowest BCUT2D eigenvalue weighted by atomic mass is 10.00. The number of nitrogens with one attached hydrogen (secondary N) is 1. The van der Waals surface area contributed by atoms with Crippen LogP contribution in [0.1, 0.15) is 25.0 Å². The van der Waals surface area contributed by atoms with Crippen molar-refractivity contribution < 1.29 is 4.79 Å². The predicted octanol–water partition coefficient (Wildman–Crippen LogP) is 0.884. The van der Waals surface area contributed by atoms with Crippen molar-refractivity contribution in [3.05, 3.63) is 35.4 Å². The molecule has 0 saturated carbocycles. The molecule has 0 saturated heterocycles. The minimum absolute atomic E-state index is 0.0213. The third-order valence-corrected chi connectivity index (χ3v) is 3.30. The summed E-state index contributed by atoms with van der Waals surface area (Å²) < 4.78 is 0. The largest absolute Gasteiger partial charge is 0.370 e. The number of carbonyl (C=O) groups excluding carboxylic acids is 1. The van der Waals surface area contributed by atoms with Gasteiger partial charge in [0.25, 0.3) is 0 Å². The monoisotopic (exact) mass is 274 g/mol. The summed E-state index contributed by atoms with van der Waals surface area (Å²) in [5.41, 5.74) is 8.26. The number of hydrogen-bond acceptors (Lipinski definition) is 2. The predicted molar refractivity (Wildman–Crippen MR) is 80.3 cm³/mol. The van der Waals surface area contributed by atoms with Crippen LogP contribution < -0.4 is 11.1 Å². The Hall–Kier alpha value is -2.04. The molecule has 20 heavy (non-hydrogen) atoms. The Kier molecular flexibility index (Phi) is 4.61. The third-order valence-electron chi connectivity index (χ3n) is 3.30. The molecular formula is C15H22N4O. The van der Waals surface area contributed by atoms with Crippen LogP contribution in [0.2, 0.25) is 0 Å². The minimum Gasteiger partial charge on any atom is -0.370 e. The summed E-state index contributed by atoms with van der Waals surface area (Å²) in [5, 5.41) is 2.97. The normalized spacial score (nSPS) is 15.2. The number of amides is 1. The highest BCUT2D eigenvalue weighted by Gasteiger charge is 2.19. The molecule has 3 N–H and O–H groups in total. The molecule has 5 heteroatoms. The van der Waals surface area contributed by atoms with Crippen LogP contribution >= 0.6 is 0 Å². The second kappa shape index (κ2) is 6.41. The smallest absolute Gasteiger partial charge is 0.244 e. The number of nitrogens with two attached hydrogens (primary N) is 1. The number of guanidine groups is 1. The summed E-state index contributed by atoms with van der Waals surface area (Å²) in [6, 6.07) is 8.47. The van der Waals surface area contributed by atoms with Gasteiger partial charge in [0, 0.05) is 19.1 Å². The van der Waals surface area contributed by atoms with E-state index >= 15 is 0 Å². The average molecular weight is 274 g/mol. The summed E-state index contributed by atoms with van der Waals surface area (Å²) in [6.07, 6.45) is 0.908. The summed E-state index contributed by atoms with van der Waals surface area (Å²) >= 11 is 0. The second-order valence-corrected chi connectivity index (χ2v) is 5.33. The number of nitrogens with zero attached hydrogens (tertiary/aromatic N) is 2. The van der Waals surface area contributed by atoms with Crippen molar-refractivity contribution >= 4 is 11.9 Å². The van der Waals surface area contributed by atoms with Crippen LogP contribution in [0.15, 0.2) is 29.3 Å². The Morgan fingerprint density at radius 3 is 2.80 bits per heavy atom. The Morgan fingerprint density at radius 2 is 2.10 bits per heavy atom. The van der Waals surface area contributed by atoms with Crippen LogP contribution in [-0.4, -0.2) is 35.9 Å². The number of fused-ring (bicyclic) bond motifs is 1. The lowest BCUT2D eigenvalue weighted by molar-refractivity contribution is -0.130. The van der Waals surface area contributed by atoms with E-state index in [-0.39, 0.29) is 18.5 Å². The molecule has 1 aromatic rings. The van der Waals surface area contributed by atoms with E-state index in [9.17, 15) is 4.79 Å². The highest BCUT2D eigenvalue weighted by atomic mass is 16.2. The quantitative estimate of drug-likeness (QED) is 0.635. The number of carbonyl (C=O) groups is 1. The molecule has 0 spiro atoms. The molecule has 1 amide bonds. The van der Waals surface area contributed by atoms with E-state index in [1.807, 2.05) is 30.9 Å². The number of rotatable bonds is 3. The maximum atomic E-state index is 12.1. The van der Waals surface area contributed by atoms with Gasteiger partial charge in [-0.1, -0.05) is 24.3 Å². The highest BCUT2D eigenvalue weighted by molar-refractivity contribution is 5.84. The highest BCUT2D eigenvalue weighted by Crippen LogP contribution is 2.18. The van der Waals surface area contributed by atoms with Crippen LogP contribution in [-0.2, 0) is 17.8 Å². The third kappa shape index (κ3) is 3.73. The van der Waals surface area contributed by atoms with Gasteiger partial charge in [-0.2, -0.15) is 0 Å². The molecular weight excluding hydrogens is 252 g/mol. The van der Waals surface area contributed by atoms with Gasteiger partial charge in [-0.15, -0.1) is 0 Å². The number of hydrogen-bond donors (Lipinski definition) is 2. The van der Waals surface area contributed by atoms with Crippen molar-refractivity contribution in [1.29, 1.82) is 0 Å². The van der Waals surface area contributed by atoms with Crippen LogP contribution in [0.4, 0.5) is 0 Å². The van der Waals surface area contributed by atoms with Crippen molar-refractivity contribution in [2.24, 2.45) is 10.7 Å². The first kappa shape index (κ1) is 14.4. The number of benzene rings is 1. The Balaban J connectivity index is 1.92. The van der Waals surface area contributed by atoms with Crippen molar-refractivity contribution in [2.75, 3.05) is 13.1 Å². The fourth-order valence-corrected chi connectivity index (χ4v) is 2.30. The van der Waals surface area contributed by atoms with Gasteiger partial charge in [-0.3, -0.25) is 4.79 Å². The van der Waals surface area contributed by atoms with E-state index in [1.165, 1.54) is 11.1 Å². The zero-order chi connectivity index (χ0) is 14.5. The molecule has 0 atom stereocenters.